The van der Waals surface area contributed by atoms with Crippen molar-refractivity contribution < 1.29 is 9.53 Å². The summed E-state index contributed by atoms with van der Waals surface area (Å²) >= 11 is 1.67. The Balaban J connectivity index is 1.69. The van der Waals surface area contributed by atoms with Crippen molar-refractivity contribution in [3.63, 3.8) is 0 Å². The van der Waals surface area contributed by atoms with Crippen molar-refractivity contribution in [2.24, 2.45) is 16.3 Å². The molecule has 0 unspecified atom stereocenters. The van der Waals surface area contributed by atoms with Gasteiger partial charge in [-0.25, -0.2) is 9.79 Å². The first kappa shape index (κ1) is 24.9. The van der Waals surface area contributed by atoms with Crippen LogP contribution in [0.25, 0.3) is 5.69 Å². The number of nitrogens with zero attached hydrogens (tertiary/aromatic N) is 3. The number of aliphatic imine (C=N–C) groups is 1. The number of ether oxygens (including phenoxy) is 1. The van der Waals surface area contributed by atoms with Crippen LogP contribution >= 0.6 is 11.3 Å². The molecule has 0 spiro atoms. The summed E-state index contributed by atoms with van der Waals surface area (Å²) in [5.41, 5.74) is 7.65. The molecule has 0 saturated carbocycles. The molecule has 0 radical (unpaired) electrons. The van der Waals surface area contributed by atoms with Gasteiger partial charge < -0.3 is 9.30 Å². The number of rotatable bonds is 4. The van der Waals surface area contributed by atoms with Crippen LogP contribution in [0.1, 0.15) is 76.1 Å². The van der Waals surface area contributed by atoms with Crippen molar-refractivity contribution in [2.45, 2.75) is 60.8 Å². The fourth-order valence-corrected chi connectivity index (χ4v) is 6.35. The van der Waals surface area contributed by atoms with E-state index < -0.39 is 0 Å². The summed E-state index contributed by atoms with van der Waals surface area (Å²) in [6.45, 7) is 13.0. The van der Waals surface area contributed by atoms with Gasteiger partial charge in [0.1, 0.15) is 11.1 Å². The number of hydrogen-bond donors (Lipinski definition) is 0. The van der Waals surface area contributed by atoms with Crippen molar-refractivity contribution in [2.75, 3.05) is 7.11 Å². The molecule has 4 rings (SSSR count). The Kier molecular flexibility index (Phi) is 6.75. The minimum absolute atomic E-state index is 0.263. The summed E-state index contributed by atoms with van der Waals surface area (Å²) in [5.74, 6) is 0.285. The van der Waals surface area contributed by atoms with Crippen molar-refractivity contribution in [1.29, 1.82) is 5.26 Å². The molecule has 182 valence electrons. The van der Waals surface area contributed by atoms with Crippen molar-refractivity contribution in [1.82, 2.24) is 4.57 Å². The van der Waals surface area contributed by atoms with Gasteiger partial charge in [-0.2, -0.15) is 5.26 Å². The second-order valence-electron chi connectivity index (χ2n) is 10.5. The van der Waals surface area contributed by atoms with Crippen molar-refractivity contribution in [3.05, 3.63) is 68.3 Å². The van der Waals surface area contributed by atoms with Crippen molar-refractivity contribution in [3.8, 4) is 11.8 Å². The number of carbonyl (C=O) groups excluding carboxylic acids is 1. The number of fused-ring (bicyclic) bond motifs is 1. The molecular formula is C29H33N3O2S. The van der Waals surface area contributed by atoms with Crippen molar-refractivity contribution >= 4 is 28.5 Å². The van der Waals surface area contributed by atoms with E-state index in [2.05, 4.69) is 44.4 Å². The molecule has 2 aromatic heterocycles. The van der Waals surface area contributed by atoms with E-state index in [9.17, 15) is 10.1 Å². The summed E-state index contributed by atoms with van der Waals surface area (Å²) in [6.07, 6.45) is 4.97. The predicted octanol–water partition coefficient (Wildman–Crippen LogP) is 7.02. The molecule has 35 heavy (non-hydrogen) atoms. The third-order valence-corrected chi connectivity index (χ3v) is 8.49. The minimum Gasteiger partial charge on any atom is -0.465 e. The lowest BCUT2D eigenvalue weighted by Gasteiger charge is -2.33. The summed E-state index contributed by atoms with van der Waals surface area (Å²) < 4.78 is 7.09. The van der Waals surface area contributed by atoms with Crippen LogP contribution in [0.2, 0.25) is 0 Å². The molecule has 6 heteroatoms. The monoisotopic (exact) mass is 487 g/mol. The molecule has 0 saturated heterocycles. The van der Waals surface area contributed by atoms with Crippen LogP contribution < -0.4 is 0 Å². The van der Waals surface area contributed by atoms with E-state index in [1.54, 1.807) is 17.4 Å². The number of esters is 1. The molecule has 1 aliphatic rings. The molecule has 1 atom stereocenters. The van der Waals surface area contributed by atoms with Gasteiger partial charge in [0.15, 0.2) is 0 Å². The minimum atomic E-state index is -0.340. The Morgan fingerprint density at radius 2 is 2.03 bits per heavy atom. The van der Waals surface area contributed by atoms with E-state index in [1.807, 2.05) is 32.2 Å². The Morgan fingerprint density at radius 3 is 2.69 bits per heavy atom. The van der Waals surface area contributed by atoms with Crippen LogP contribution in [0.15, 0.2) is 29.3 Å². The molecule has 1 aromatic carbocycles. The summed E-state index contributed by atoms with van der Waals surface area (Å²) in [5, 5.41) is 10.7. The quantitative estimate of drug-likeness (QED) is 0.293. The van der Waals surface area contributed by atoms with Gasteiger partial charge >= 0.3 is 5.97 Å². The largest absolute Gasteiger partial charge is 0.465 e. The zero-order chi connectivity index (χ0) is 25.5. The highest BCUT2D eigenvalue weighted by molar-refractivity contribution is 7.16. The van der Waals surface area contributed by atoms with Gasteiger partial charge in [0.25, 0.3) is 0 Å². The SMILES string of the molecule is COC(=O)c1cccc(-n2c(C)cc(C=Nc3sc4c(c3C#N)CC[C@H](C(C)(C)C)C4)c2C)c1C. The number of hydrogen-bond acceptors (Lipinski definition) is 5. The normalized spacial score (nSPS) is 15.8. The zero-order valence-electron chi connectivity index (χ0n) is 21.7. The zero-order valence-corrected chi connectivity index (χ0v) is 22.5. The molecule has 2 heterocycles. The number of methoxy groups -OCH3 is 1. The second-order valence-corrected chi connectivity index (χ2v) is 11.5. The van der Waals surface area contributed by atoms with Gasteiger partial charge in [0.05, 0.1) is 18.2 Å². The Morgan fingerprint density at radius 1 is 1.29 bits per heavy atom. The third kappa shape index (κ3) is 4.58. The van der Waals surface area contributed by atoms with Gasteiger partial charge in [0, 0.05) is 33.7 Å². The standard InChI is InChI=1S/C29H33N3O2S/c1-17-13-20(19(3)32(17)25-10-8-9-22(18(25)2)28(33)34-7)16-31-27-24(15-30)23-12-11-21(29(4,5)6)14-26(23)35-27/h8-10,13,16,21H,11-12,14H2,1-7H3/t21-/m0/s1. The smallest absolute Gasteiger partial charge is 0.338 e. The number of nitriles is 1. The molecule has 0 fully saturated rings. The number of thiophene rings is 1. The second kappa shape index (κ2) is 9.47. The number of aryl methyl sites for hydroxylation is 1. The van der Waals surface area contributed by atoms with Crippen LogP contribution in [-0.4, -0.2) is 23.9 Å². The highest BCUT2D eigenvalue weighted by Crippen LogP contribution is 2.45. The molecule has 0 N–H and O–H groups in total. The first-order valence-electron chi connectivity index (χ1n) is 12.0. The average molecular weight is 488 g/mol. The van der Waals surface area contributed by atoms with Gasteiger partial charge in [-0.15, -0.1) is 11.3 Å². The first-order chi connectivity index (χ1) is 16.6. The predicted molar refractivity (Wildman–Crippen MR) is 143 cm³/mol. The van der Waals surface area contributed by atoms with Crippen LogP contribution in [0.5, 0.6) is 0 Å². The highest BCUT2D eigenvalue weighted by Gasteiger charge is 2.32. The van der Waals surface area contributed by atoms with Crippen LogP contribution in [-0.2, 0) is 17.6 Å². The molecule has 0 amide bonds. The van der Waals surface area contributed by atoms with E-state index >= 15 is 0 Å². The maximum absolute atomic E-state index is 12.2. The van der Waals surface area contributed by atoms with Crippen LogP contribution in [0, 0.1) is 43.4 Å². The maximum Gasteiger partial charge on any atom is 0.338 e. The van der Waals surface area contributed by atoms with Gasteiger partial charge in [0.2, 0.25) is 0 Å². The lowest BCUT2D eigenvalue weighted by atomic mass is 9.72. The topological polar surface area (TPSA) is 67.4 Å². The maximum atomic E-state index is 12.2. The lowest BCUT2D eigenvalue weighted by Crippen LogP contribution is -2.26. The number of aromatic nitrogens is 1. The van der Waals surface area contributed by atoms with E-state index in [0.717, 1.165) is 58.0 Å². The average Bonchev–Trinajstić information content (AvgIpc) is 3.31. The molecule has 1 aliphatic carbocycles. The fraction of sp³-hybridized carbons (Fsp3) is 0.414. The Hall–Kier alpha value is -3.17. The lowest BCUT2D eigenvalue weighted by molar-refractivity contribution is 0.0600. The van der Waals surface area contributed by atoms with Crippen LogP contribution in [0.4, 0.5) is 5.00 Å². The summed E-state index contributed by atoms with van der Waals surface area (Å²) in [6, 6.07) is 10.2. The van der Waals surface area contributed by atoms with E-state index in [-0.39, 0.29) is 11.4 Å². The first-order valence-corrected chi connectivity index (χ1v) is 12.8. The highest BCUT2D eigenvalue weighted by atomic mass is 32.1. The van der Waals surface area contributed by atoms with Gasteiger partial charge in [-0.05, 0) is 80.7 Å². The number of benzene rings is 1. The summed E-state index contributed by atoms with van der Waals surface area (Å²) in [7, 11) is 1.40. The molecule has 5 nitrogen and oxygen atoms in total. The Bertz CT molecular complexity index is 1360. The fourth-order valence-electron chi connectivity index (χ4n) is 5.13. The molecule has 3 aromatic rings. The van der Waals surface area contributed by atoms with Gasteiger partial charge in [-0.1, -0.05) is 26.8 Å². The van der Waals surface area contributed by atoms with E-state index in [0.29, 0.717) is 11.5 Å². The molecule has 0 bridgehead atoms. The number of carbonyl (C=O) groups is 1. The van der Waals surface area contributed by atoms with E-state index in [1.165, 1.54) is 17.6 Å². The van der Waals surface area contributed by atoms with Gasteiger partial charge in [-0.3, -0.25) is 0 Å². The summed E-state index contributed by atoms with van der Waals surface area (Å²) in [4.78, 5) is 18.3. The van der Waals surface area contributed by atoms with Crippen LogP contribution in [0.3, 0.4) is 0 Å². The van der Waals surface area contributed by atoms with E-state index in [4.69, 9.17) is 9.73 Å². The molecular weight excluding hydrogens is 454 g/mol. The Labute approximate surface area is 212 Å². The molecule has 0 aliphatic heterocycles. The third-order valence-electron chi connectivity index (χ3n) is 7.33.